The number of benzene rings is 1. The second-order valence-electron chi connectivity index (χ2n) is 5.49. The van der Waals surface area contributed by atoms with Crippen LogP contribution in [0, 0.1) is 11.7 Å². The van der Waals surface area contributed by atoms with Crippen molar-refractivity contribution in [2.45, 2.75) is 12.8 Å². The maximum absolute atomic E-state index is 12.9. The third-order valence-electron chi connectivity index (χ3n) is 3.87. The van der Waals surface area contributed by atoms with Gasteiger partial charge in [-0.05, 0) is 30.7 Å². The summed E-state index contributed by atoms with van der Waals surface area (Å²) in [4.78, 5) is 28.9. The van der Waals surface area contributed by atoms with Gasteiger partial charge in [-0.25, -0.2) is 9.37 Å². The van der Waals surface area contributed by atoms with Crippen LogP contribution in [0.5, 0.6) is 0 Å². The maximum Gasteiger partial charge on any atom is 0.308 e. The van der Waals surface area contributed by atoms with Crippen molar-refractivity contribution in [3.8, 4) is 11.5 Å². The van der Waals surface area contributed by atoms with Crippen LogP contribution < -0.4 is 0 Å². The summed E-state index contributed by atoms with van der Waals surface area (Å²) in [6, 6.07) is 5.71. The van der Waals surface area contributed by atoms with E-state index in [0.717, 1.165) is 0 Å². The molecule has 1 saturated heterocycles. The highest BCUT2D eigenvalue weighted by molar-refractivity contribution is 5.80. The zero-order valence-electron chi connectivity index (χ0n) is 12.2. The smallest absolute Gasteiger partial charge is 0.308 e. The number of amides is 1. The lowest BCUT2D eigenvalue weighted by atomic mass is 10.1. The number of carbonyl (C=O) groups excluding carboxylic acids is 1. The van der Waals surface area contributed by atoms with E-state index in [0.29, 0.717) is 30.1 Å². The van der Waals surface area contributed by atoms with Gasteiger partial charge in [0.1, 0.15) is 12.1 Å². The third-order valence-corrected chi connectivity index (χ3v) is 3.87. The molecule has 1 amide bonds. The Morgan fingerprint density at radius 2 is 2.09 bits per heavy atom. The molecular formula is C16H15FN2O4. The van der Waals surface area contributed by atoms with Crippen molar-refractivity contribution >= 4 is 11.9 Å². The third kappa shape index (κ3) is 3.39. The maximum atomic E-state index is 12.9. The highest BCUT2D eigenvalue weighted by Gasteiger charge is 2.31. The van der Waals surface area contributed by atoms with Crippen LogP contribution in [0.2, 0.25) is 0 Å². The normalized spacial score (nSPS) is 17.4. The van der Waals surface area contributed by atoms with Gasteiger partial charge in [0.25, 0.3) is 0 Å². The van der Waals surface area contributed by atoms with Crippen LogP contribution in [0.15, 0.2) is 34.9 Å². The molecule has 2 heterocycles. The van der Waals surface area contributed by atoms with Crippen LogP contribution in [0.1, 0.15) is 12.1 Å². The molecule has 1 aliphatic heterocycles. The van der Waals surface area contributed by atoms with Crippen LogP contribution in [0.3, 0.4) is 0 Å². The second-order valence-corrected chi connectivity index (χ2v) is 5.49. The Labute approximate surface area is 131 Å². The Hall–Kier alpha value is -2.70. The van der Waals surface area contributed by atoms with Gasteiger partial charge in [-0.15, -0.1) is 0 Å². The van der Waals surface area contributed by atoms with E-state index in [9.17, 15) is 14.0 Å². The quantitative estimate of drug-likeness (QED) is 0.931. The van der Waals surface area contributed by atoms with Crippen LogP contribution >= 0.6 is 0 Å². The highest BCUT2D eigenvalue weighted by Crippen LogP contribution is 2.21. The minimum absolute atomic E-state index is 0.0526. The number of hydrogen-bond acceptors (Lipinski definition) is 4. The minimum atomic E-state index is -0.875. The average Bonchev–Trinajstić information content (AvgIpc) is 3.17. The average molecular weight is 318 g/mol. The molecule has 1 N–H and O–H groups in total. The van der Waals surface area contributed by atoms with Gasteiger partial charge in [0, 0.05) is 18.7 Å². The fourth-order valence-electron chi connectivity index (χ4n) is 2.57. The van der Waals surface area contributed by atoms with Crippen molar-refractivity contribution < 1.29 is 23.5 Å². The van der Waals surface area contributed by atoms with Gasteiger partial charge in [-0.3, -0.25) is 9.59 Å². The van der Waals surface area contributed by atoms with E-state index >= 15 is 0 Å². The molecule has 0 radical (unpaired) electrons. The number of carbonyl (C=O) groups is 2. The molecule has 1 fully saturated rings. The van der Waals surface area contributed by atoms with Gasteiger partial charge in [0.05, 0.1) is 18.0 Å². The first-order valence-corrected chi connectivity index (χ1v) is 7.24. The zero-order valence-corrected chi connectivity index (χ0v) is 12.2. The van der Waals surface area contributed by atoms with Crippen molar-refractivity contribution in [1.29, 1.82) is 0 Å². The highest BCUT2D eigenvalue weighted by atomic mass is 19.1. The zero-order chi connectivity index (χ0) is 16.4. The van der Waals surface area contributed by atoms with Crippen molar-refractivity contribution in [2.24, 2.45) is 5.92 Å². The first-order valence-electron chi connectivity index (χ1n) is 7.24. The molecule has 0 saturated carbocycles. The Balaban J connectivity index is 1.64. The number of rotatable bonds is 4. The van der Waals surface area contributed by atoms with Gasteiger partial charge < -0.3 is 14.4 Å². The number of carboxylic acids is 1. The van der Waals surface area contributed by atoms with Gasteiger partial charge in [0.15, 0.2) is 0 Å². The number of nitrogens with zero attached hydrogens (tertiary/aromatic N) is 2. The number of aromatic nitrogens is 1. The van der Waals surface area contributed by atoms with Crippen LogP contribution in [0.25, 0.3) is 11.5 Å². The van der Waals surface area contributed by atoms with E-state index < -0.39 is 11.9 Å². The number of likely N-dealkylation sites (tertiary alicyclic amines) is 1. The number of halogens is 1. The predicted molar refractivity (Wildman–Crippen MR) is 77.9 cm³/mol. The molecule has 0 aliphatic carbocycles. The molecule has 1 aromatic heterocycles. The molecule has 1 aromatic carbocycles. The summed E-state index contributed by atoms with van der Waals surface area (Å²) >= 11 is 0. The first kappa shape index (κ1) is 15.2. The lowest BCUT2D eigenvalue weighted by Crippen LogP contribution is -2.31. The summed E-state index contributed by atoms with van der Waals surface area (Å²) in [7, 11) is 0. The van der Waals surface area contributed by atoms with Crippen molar-refractivity contribution in [1.82, 2.24) is 9.88 Å². The summed E-state index contributed by atoms with van der Waals surface area (Å²) in [5.41, 5.74) is 1.09. The number of carboxylic acid groups (broad SMARTS) is 1. The standard InChI is InChI=1S/C16H15FN2O4/c17-12-3-1-10(2-4-12)15-18-13(9-23-15)7-14(20)19-6-5-11(8-19)16(21)22/h1-4,9,11H,5-8H2,(H,21,22)/t11-/m1/s1. The second kappa shape index (κ2) is 6.20. The van der Waals surface area contributed by atoms with Crippen LogP contribution in [-0.2, 0) is 16.0 Å². The fourth-order valence-corrected chi connectivity index (χ4v) is 2.57. The van der Waals surface area contributed by atoms with Crippen LogP contribution in [0.4, 0.5) is 4.39 Å². The molecule has 7 heteroatoms. The summed E-state index contributed by atoms with van der Waals surface area (Å²) in [5.74, 6) is -1.57. The predicted octanol–water partition coefficient (Wildman–Crippen LogP) is 1.96. The molecule has 23 heavy (non-hydrogen) atoms. The molecule has 120 valence electrons. The fraction of sp³-hybridized carbons (Fsp3) is 0.312. The summed E-state index contributed by atoms with van der Waals surface area (Å²) in [6.45, 7) is 0.676. The lowest BCUT2D eigenvalue weighted by Gasteiger charge is -2.14. The Morgan fingerprint density at radius 3 is 2.74 bits per heavy atom. The molecule has 6 nitrogen and oxygen atoms in total. The van der Waals surface area contributed by atoms with Gasteiger partial charge in [-0.1, -0.05) is 0 Å². The molecular weight excluding hydrogens is 303 g/mol. The summed E-state index contributed by atoms with van der Waals surface area (Å²) in [6.07, 6.45) is 1.92. The topological polar surface area (TPSA) is 83.6 Å². The Bertz CT molecular complexity index is 726. The van der Waals surface area contributed by atoms with Crippen molar-refractivity contribution in [2.75, 3.05) is 13.1 Å². The molecule has 0 spiro atoms. The lowest BCUT2D eigenvalue weighted by molar-refractivity contribution is -0.141. The van der Waals surface area contributed by atoms with Gasteiger partial charge >= 0.3 is 5.97 Å². The number of aliphatic carboxylic acids is 1. The first-order chi connectivity index (χ1) is 11.0. The number of oxazole rings is 1. The molecule has 3 rings (SSSR count). The molecule has 0 bridgehead atoms. The van der Waals surface area contributed by atoms with E-state index in [1.807, 2.05) is 0 Å². The van der Waals surface area contributed by atoms with Crippen molar-refractivity contribution in [3.05, 3.63) is 42.0 Å². The number of hydrogen-bond donors (Lipinski definition) is 1. The van der Waals surface area contributed by atoms with E-state index in [2.05, 4.69) is 4.98 Å². The Kier molecular flexibility index (Phi) is 4.10. The molecule has 1 atom stereocenters. The summed E-state index contributed by atoms with van der Waals surface area (Å²) in [5, 5.41) is 8.96. The van der Waals surface area contributed by atoms with E-state index in [4.69, 9.17) is 9.52 Å². The largest absolute Gasteiger partial charge is 0.481 e. The van der Waals surface area contributed by atoms with Gasteiger partial charge in [-0.2, -0.15) is 0 Å². The molecule has 1 aliphatic rings. The van der Waals surface area contributed by atoms with Crippen LogP contribution in [-0.4, -0.2) is 40.0 Å². The molecule has 0 unspecified atom stereocenters. The minimum Gasteiger partial charge on any atom is -0.481 e. The summed E-state index contributed by atoms with van der Waals surface area (Å²) < 4.78 is 18.2. The molecule has 2 aromatic rings. The SMILES string of the molecule is O=C(O)[C@@H]1CCN(C(=O)Cc2coc(-c3ccc(F)cc3)n2)C1. The monoisotopic (exact) mass is 318 g/mol. The van der Waals surface area contributed by atoms with E-state index in [1.165, 1.54) is 23.3 Å². The van der Waals surface area contributed by atoms with E-state index in [1.54, 1.807) is 12.1 Å². The van der Waals surface area contributed by atoms with Gasteiger partial charge in [0.2, 0.25) is 11.8 Å². The Morgan fingerprint density at radius 1 is 1.35 bits per heavy atom. The van der Waals surface area contributed by atoms with Crippen molar-refractivity contribution in [3.63, 3.8) is 0 Å². The van der Waals surface area contributed by atoms with E-state index in [-0.39, 0.29) is 24.7 Å².